The van der Waals surface area contributed by atoms with E-state index in [2.05, 4.69) is 20.5 Å². The number of nitrogens with zero attached hydrogens (tertiary/aromatic N) is 4. The number of carbonyl (C=O) groups excluding carboxylic acids is 1. The van der Waals surface area contributed by atoms with Crippen LogP contribution in [0.15, 0.2) is 36.5 Å². The molecule has 3 aromatic rings. The number of alkyl halides is 3. The Bertz CT molecular complexity index is 1320. The Kier molecular flexibility index (Phi) is 8.65. The maximum Gasteiger partial charge on any atom is 0.435 e. The Morgan fingerprint density at radius 3 is 2.72 bits per heavy atom. The van der Waals surface area contributed by atoms with E-state index in [4.69, 9.17) is 9.47 Å². The monoisotopic (exact) mass is 565 g/mol. The van der Waals surface area contributed by atoms with Crippen molar-refractivity contribution in [1.29, 1.82) is 0 Å². The van der Waals surface area contributed by atoms with Crippen LogP contribution in [0.5, 0.6) is 5.75 Å². The van der Waals surface area contributed by atoms with Crippen LogP contribution in [-0.2, 0) is 17.3 Å². The fourth-order valence-corrected chi connectivity index (χ4v) is 4.64. The zero-order valence-corrected chi connectivity index (χ0v) is 21.9. The van der Waals surface area contributed by atoms with Crippen molar-refractivity contribution < 1.29 is 37.3 Å². The molecule has 1 fully saturated rings. The summed E-state index contributed by atoms with van der Waals surface area (Å²) in [6.07, 6.45) is -3.58. The molecule has 39 heavy (non-hydrogen) atoms. The highest BCUT2D eigenvalue weighted by molar-refractivity contribution is 7.15. The number of benzene rings is 1. The van der Waals surface area contributed by atoms with Crippen LogP contribution in [-0.4, -0.2) is 69.6 Å². The molecule has 0 unspecified atom stereocenters. The normalized spacial score (nSPS) is 16.5. The van der Waals surface area contributed by atoms with Crippen LogP contribution in [0.25, 0.3) is 10.6 Å². The quantitative estimate of drug-likeness (QED) is 0.411. The molecular weight excluding hydrogens is 539 g/mol. The maximum atomic E-state index is 13.2. The number of nitrogens with one attached hydrogen (secondary N) is 1. The van der Waals surface area contributed by atoms with E-state index in [1.165, 1.54) is 22.3 Å². The molecule has 2 atom stereocenters. The van der Waals surface area contributed by atoms with Crippen LogP contribution < -0.4 is 10.1 Å². The number of aromatic nitrogens is 3. The van der Waals surface area contributed by atoms with E-state index < -0.39 is 36.0 Å². The van der Waals surface area contributed by atoms with E-state index in [9.17, 15) is 27.9 Å². The molecule has 1 aliphatic heterocycles. The van der Waals surface area contributed by atoms with Crippen molar-refractivity contribution in [3.05, 3.63) is 58.4 Å². The van der Waals surface area contributed by atoms with Gasteiger partial charge in [0.15, 0.2) is 5.69 Å². The van der Waals surface area contributed by atoms with Gasteiger partial charge in [-0.15, -0.1) is 16.4 Å². The molecule has 0 saturated carbocycles. The highest BCUT2D eigenvalue weighted by atomic mass is 32.1. The number of ether oxygens (including phenoxy) is 2. The summed E-state index contributed by atoms with van der Waals surface area (Å²) in [5.74, 6) is -0.155. The van der Waals surface area contributed by atoms with Crippen LogP contribution in [0.3, 0.4) is 0 Å². The lowest BCUT2D eigenvalue weighted by Gasteiger charge is -2.30. The molecule has 2 N–H and O–H groups in total. The number of hydrogen-bond donors (Lipinski definition) is 2. The molecule has 0 spiro atoms. The van der Waals surface area contributed by atoms with Crippen LogP contribution in [0.1, 0.15) is 46.5 Å². The SMILES string of the molecule is CCc1cnc(-c2cc(OC[C@H]3CN(C(=O)O)CCO3)cc(C(=O)N[C@H](C)c3ccc(C(F)(F)F)nn3)c2)s1. The van der Waals surface area contributed by atoms with Gasteiger partial charge in [0.1, 0.15) is 23.5 Å². The average Bonchev–Trinajstić information content (AvgIpc) is 3.41. The van der Waals surface area contributed by atoms with Crippen LogP contribution in [0.2, 0.25) is 0 Å². The average molecular weight is 566 g/mol. The fraction of sp³-hybridized carbons (Fsp3) is 0.400. The lowest BCUT2D eigenvalue weighted by Crippen LogP contribution is -2.47. The number of carbonyl (C=O) groups is 2. The van der Waals surface area contributed by atoms with Gasteiger partial charge < -0.3 is 24.8 Å². The Morgan fingerprint density at radius 1 is 1.28 bits per heavy atom. The lowest BCUT2D eigenvalue weighted by molar-refractivity contribution is -0.141. The van der Waals surface area contributed by atoms with E-state index in [1.54, 1.807) is 25.3 Å². The van der Waals surface area contributed by atoms with Crippen molar-refractivity contribution in [3.8, 4) is 16.3 Å². The zero-order chi connectivity index (χ0) is 28.2. The first-order chi connectivity index (χ1) is 18.5. The maximum absolute atomic E-state index is 13.2. The van der Waals surface area contributed by atoms with Gasteiger partial charge in [-0.1, -0.05) is 6.92 Å². The van der Waals surface area contributed by atoms with Crippen LogP contribution in [0, 0.1) is 0 Å². The fourth-order valence-electron chi connectivity index (χ4n) is 3.80. The van der Waals surface area contributed by atoms with Crippen molar-refractivity contribution in [2.24, 2.45) is 0 Å². The summed E-state index contributed by atoms with van der Waals surface area (Å²) in [5.41, 5.74) is -0.0863. The van der Waals surface area contributed by atoms with E-state index in [1.807, 2.05) is 6.92 Å². The molecule has 0 aliphatic carbocycles. The number of carboxylic acid groups (broad SMARTS) is 1. The molecule has 2 aromatic heterocycles. The lowest BCUT2D eigenvalue weighted by atomic mass is 10.1. The zero-order valence-electron chi connectivity index (χ0n) is 21.1. The third kappa shape index (κ3) is 7.20. The Hall–Kier alpha value is -3.78. The molecule has 1 aromatic carbocycles. The molecule has 1 aliphatic rings. The van der Waals surface area contributed by atoms with E-state index >= 15 is 0 Å². The molecule has 1 saturated heterocycles. The minimum absolute atomic E-state index is 0.0594. The summed E-state index contributed by atoms with van der Waals surface area (Å²) in [6, 6.07) is 6.15. The van der Waals surface area contributed by atoms with E-state index in [-0.39, 0.29) is 37.6 Å². The summed E-state index contributed by atoms with van der Waals surface area (Å²) in [7, 11) is 0. The summed E-state index contributed by atoms with van der Waals surface area (Å²) in [6.45, 7) is 4.32. The van der Waals surface area contributed by atoms with Gasteiger partial charge in [0.05, 0.1) is 24.9 Å². The molecule has 4 rings (SSSR count). The molecule has 208 valence electrons. The Labute approximate surface area is 225 Å². The summed E-state index contributed by atoms with van der Waals surface area (Å²) in [5, 5.41) is 19.5. The predicted molar refractivity (Wildman–Crippen MR) is 135 cm³/mol. The molecule has 10 nitrogen and oxygen atoms in total. The number of hydrogen-bond acceptors (Lipinski definition) is 8. The number of rotatable bonds is 8. The van der Waals surface area contributed by atoms with Gasteiger partial charge in [0.25, 0.3) is 5.91 Å². The van der Waals surface area contributed by atoms with Crippen molar-refractivity contribution in [3.63, 3.8) is 0 Å². The van der Waals surface area contributed by atoms with E-state index in [0.717, 1.165) is 23.4 Å². The second-order valence-corrected chi connectivity index (χ2v) is 9.92. The number of thiazole rings is 1. The number of halogens is 3. The standard InChI is InChI=1S/C25H26F3N5O5S/c1-3-19-11-29-23(39-19)16-8-15(9-17(10-16)38-13-18-12-33(24(35)36)6-7-37-18)22(34)30-14(2)20-4-5-21(32-31-20)25(26,27)28/h4-5,8-11,14,18H,3,6-7,12-13H2,1-2H3,(H,30,34)(H,35,36)/t14-,18-/m1/s1. The van der Waals surface area contributed by atoms with Gasteiger partial charge in [-0.2, -0.15) is 18.3 Å². The van der Waals surface area contributed by atoms with Gasteiger partial charge in [-0.05, 0) is 43.7 Å². The third-order valence-electron chi connectivity index (χ3n) is 5.93. The predicted octanol–water partition coefficient (Wildman–Crippen LogP) is 4.43. The van der Waals surface area contributed by atoms with Crippen molar-refractivity contribution in [2.45, 2.75) is 38.6 Å². The molecule has 14 heteroatoms. The third-order valence-corrected chi connectivity index (χ3v) is 7.12. The van der Waals surface area contributed by atoms with Gasteiger partial charge in [-0.3, -0.25) is 4.79 Å². The van der Waals surface area contributed by atoms with Crippen molar-refractivity contribution >= 4 is 23.3 Å². The van der Waals surface area contributed by atoms with Crippen LogP contribution in [0.4, 0.5) is 18.0 Å². The Morgan fingerprint density at radius 2 is 2.08 bits per heavy atom. The first-order valence-corrected chi connectivity index (χ1v) is 12.9. The van der Waals surface area contributed by atoms with Crippen LogP contribution >= 0.6 is 11.3 Å². The second-order valence-electron chi connectivity index (χ2n) is 8.80. The topological polar surface area (TPSA) is 127 Å². The summed E-state index contributed by atoms with van der Waals surface area (Å²) in [4.78, 5) is 31.2. The molecule has 0 bridgehead atoms. The minimum atomic E-state index is -4.61. The first kappa shape index (κ1) is 28.2. The minimum Gasteiger partial charge on any atom is -0.491 e. The van der Waals surface area contributed by atoms with Gasteiger partial charge in [-0.25, -0.2) is 9.78 Å². The van der Waals surface area contributed by atoms with Gasteiger partial charge >= 0.3 is 12.3 Å². The van der Waals surface area contributed by atoms with E-state index in [0.29, 0.717) is 16.3 Å². The number of morpholine rings is 1. The molecule has 3 heterocycles. The number of aryl methyl sites for hydroxylation is 1. The van der Waals surface area contributed by atoms with Gasteiger partial charge in [0, 0.05) is 28.7 Å². The smallest absolute Gasteiger partial charge is 0.435 e. The van der Waals surface area contributed by atoms with Crippen molar-refractivity contribution in [2.75, 3.05) is 26.3 Å². The highest BCUT2D eigenvalue weighted by Crippen LogP contribution is 2.31. The second kappa shape index (κ2) is 11.9. The van der Waals surface area contributed by atoms with Crippen molar-refractivity contribution in [1.82, 2.24) is 25.4 Å². The summed E-state index contributed by atoms with van der Waals surface area (Å²) < 4.78 is 49.9. The molecular formula is C25H26F3N5O5S. The molecule has 2 amide bonds. The van der Waals surface area contributed by atoms with Gasteiger partial charge in [0.2, 0.25) is 0 Å². The first-order valence-electron chi connectivity index (χ1n) is 12.1. The highest BCUT2D eigenvalue weighted by Gasteiger charge is 2.33. The Balaban J connectivity index is 1.53. The number of amides is 2. The summed E-state index contributed by atoms with van der Waals surface area (Å²) >= 11 is 1.47. The molecule has 0 radical (unpaired) electrons. The largest absolute Gasteiger partial charge is 0.491 e.